The van der Waals surface area contributed by atoms with E-state index in [0.29, 0.717) is 0 Å². The summed E-state index contributed by atoms with van der Waals surface area (Å²) in [4.78, 5) is 37.7. The van der Waals surface area contributed by atoms with Crippen molar-refractivity contribution < 1.29 is 24.2 Å². The van der Waals surface area contributed by atoms with Crippen LogP contribution in [-0.2, 0) is 20.9 Å². The number of fused-ring (bicyclic) bond motifs is 3. The summed E-state index contributed by atoms with van der Waals surface area (Å²) in [5.74, 6) is -1.62. The lowest BCUT2D eigenvalue weighted by molar-refractivity contribution is -0.137. The van der Waals surface area contributed by atoms with E-state index < -0.39 is 24.0 Å². The zero-order valence-electron chi connectivity index (χ0n) is 19.9. The lowest BCUT2D eigenvalue weighted by Crippen LogP contribution is -2.47. The predicted molar refractivity (Wildman–Crippen MR) is 139 cm³/mol. The molecule has 1 aliphatic rings. The van der Waals surface area contributed by atoms with Crippen LogP contribution < -0.4 is 10.6 Å². The summed E-state index contributed by atoms with van der Waals surface area (Å²) in [6.45, 7) is 0.373. The minimum Gasteiger partial charge on any atom is -0.481 e. The molecule has 0 heterocycles. The third-order valence-corrected chi connectivity index (χ3v) is 6.97. The van der Waals surface area contributed by atoms with Gasteiger partial charge in [0.15, 0.2) is 0 Å². The van der Waals surface area contributed by atoms with Gasteiger partial charge < -0.3 is 20.5 Å². The Balaban J connectivity index is 1.37. The third-order valence-electron chi connectivity index (χ3n) is 6.22. The van der Waals surface area contributed by atoms with Crippen LogP contribution in [-0.4, -0.2) is 42.0 Å². The molecule has 0 aliphatic heterocycles. The molecular weight excluding hydrogens is 476 g/mol. The summed E-state index contributed by atoms with van der Waals surface area (Å²) in [5, 5.41) is 14.4. The third kappa shape index (κ3) is 6.07. The maximum atomic E-state index is 12.8. The molecule has 0 fully saturated rings. The molecule has 1 aliphatic carbocycles. The van der Waals surface area contributed by atoms with Gasteiger partial charge in [-0.3, -0.25) is 9.59 Å². The summed E-state index contributed by atoms with van der Waals surface area (Å²) in [5.41, 5.74) is 5.30. The van der Waals surface area contributed by atoms with E-state index in [0.717, 1.165) is 32.7 Å². The first kappa shape index (κ1) is 25.3. The number of nitrogens with one attached hydrogen (secondary N) is 2. The Morgan fingerprint density at radius 3 is 2.14 bits per heavy atom. The van der Waals surface area contributed by atoms with Crippen molar-refractivity contribution in [2.75, 3.05) is 12.9 Å². The molecule has 0 unspecified atom stereocenters. The number of carbonyl (C=O) groups is 3. The van der Waals surface area contributed by atoms with E-state index in [1.165, 1.54) is 0 Å². The summed E-state index contributed by atoms with van der Waals surface area (Å²) in [6.07, 6.45) is 0.923. The zero-order chi connectivity index (χ0) is 25.5. The number of amides is 2. The van der Waals surface area contributed by atoms with Gasteiger partial charge in [-0.15, -0.1) is 11.8 Å². The molecule has 186 valence electrons. The number of alkyl carbamates (subject to hydrolysis) is 1. The fourth-order valence-corrected chi connectivity index (χ4v) is 4.78. The Morgan fingerprint density at radius 2 is 1.56 bits per heavy atom. The summed E-state index contributed by atoms with van der Waals surface area (Å²) in [6, 6.07) is 22.7. The molecule has 0 bridgehead atoms. The van der Waals surface area contributed by atoms with Gasteiger partial charge >= 0.3 is 12.1 Å². The monoisotopic (exact) mass is 504 g/mol. The number of carboxylic acid groups (broad SMARTS) is 1. The van der Waals surface area contributed by atoms with Gasteiger partial charge in [0.1, 0.15) is 12.6 Å². The topological polar surface area (TPSA) is 105 Å². The lowest BCUT2D eigenvalue weighted by atomic mass is 9.98. The first-order chi connectivity index (χ1) is 17.5. The SMILES string of the molecule is CSc1ccc(CNC(=O)[C@H](CCC(=O)O)NC(=O)OCC2c3ccccc3-c3ccccc32)cc1. The second-order valence-electron chi connectivity index (χ2n) is 8.52. The minimum absolute atomic E-state index is 0.0449. The Hall–Kier alpha value is -3.78. The molecule has 7 nitrogen and oxygen atoms in total. The number of ether oxygens (including phenoxy) is 1. The van der Waals surface area contributed by atoms with Crippen molar-refractivity contribution >= 4 is 29.7 Å². The molecule has 0 aromatic heterocycles. The number of hydrogen-bond donors (Lipinski definition) is 3. The fourth-order valence-electron chi connectivity index (χ4n) is 4.37. The smallest absolute Gasteiger partial charge is 0.407 e. The zero-order valence-corrected chi connectivity index (χ0v) is 20.7. The van der Waals surface area contributed by atoms with Gasteiger partial charge in [-0.2, -0.15) is 0 Å². The predicted octanol–water partition coefficient (Wildman–Crippen LogP) is 4.80. The van der Waals surface area contributed by atoms with Crippen LogP contribution in [0, 0.1) is 0 Å². The second kappa shape index (κ2) is 11.8. The average molecular weight is 505 g/mol. The number of aliphatic carboxylic acids is 1. The Kier molecular flexibility index (Phi) is 8.28. The minimum atomic E-state index is -1.05. The molecule has 8 heteroatoms. The molecule has 0 spiro atoms. The Labute approximate surface area is 214 Å². The van der Waals surface area contributed by atoms with Crippen LogP contribution in [0.4, 0.5) is 4.79 Å². The highest BCUT2D eigenvalue weighted by Crippen LogP contribution is 2.44. The molecular formula is C28H28N2O5S. The van der Waals surface area contributed by atoms with E-state index in [2.05, 4.69) is 22.8 Å². The fraction of sp³-hybridized carbons (Fsp3) is 0.250. The van der Waals surface area contributed by atoms with Crippen LogP contribution in [0.1, 0.15) is 35.4 Å². The second-order valence-corrected chi connectivity index (χ2v) is 9.40. The molecule has 2 amide bonds. The molecule has 3 aromatic carbocycles. The number of hydrogen-bond acceptors (Lipinski definition) is 5. The van der Waals surface area contributed by atoms with Gasteiger partial charge in [0.2, 0.25) is 5.91 Å². The Bertz CT molecular complexity index is 1200. The normalized spacial score (nSPS) is 12.8. The van der Waals surface area contributed by atoms with Crippen molar-refractivity contribution in [3.63, 3.8) is 0 Å². The van der Waals surface area contributed by atoms with Crippen molar-refractivity contribution in [3.8, 4) is 11.1 Å². The molecule has 4 rings (SSSR count). The maximum Gasteiger partial charge on any atom is 0.407 e. The first-order valence-electron chi connectivity index (χ1n) is 11.7. The van der Waals surface area contributed by atoms with E-state index in [1.54, 1.807) is 11.8 Å². The van der Waals surface area contributed by atoms with E-state index in [9.17, 15) is 14.4 Å². The lowest BCUT2D eigenvalue weighted by Gasteiger charge is -2.19. The standard InChI is InChI=1S/C28H28N2O5S/c1-36-19-12-10-18(11-13-19)16-29-27(33)25(14-15-26(31)32)30-28(34)35-17-24-22-8-4-2-6-20(22)21-7-3-5-9-23(21)24/h2-13,24-25H,14-17H2,1H3,(H,29,33)(H,30,34)(H,31,32)/t25-/m0/s1. The molecule has 0 saturated carbocycles. The van der Waals surface area contributed by atoms with E-state index >= 15 is 0 Å². The molecule has 0 radical (unpaired) electrons. The van der Waals surface area contributed by atoms with Crippen molar-refractivity contribution in [1.29, 1.82) is 0 Å². The summed E-state index contributed by atoms with van der Waals surface area (Å²) >= 11 is 1.62. The molecule has 36 heavy (non-hydrogen) atoms. The number of carboxylic acids is 1. The van der Waals surface area contributed by atoms with Crippen LogP contribution in [0.25, 0.3) is 11.1 Å². The van der Waals surface area contributed by atoms with Crippen LogP contribution in [0.5, 0.6) is 0 Å². The highest BCUT2D eigenvalue weighted by atomic mass is 32.2. The van der Waals surface area contributed by atoms with Gasteiger partial charge in [0, 0.05) is 23.8 Å². The number of rotatable bonds is 10. The molecule has 3 N–H and O–H groups in total. The van der Waals surface area contributed by atoms with Crippen molar-refractivity contribution in [2.45, 2.75) is 36.2 Å². The number of benzene rings is 3. The van der Waals surface area contributed by atoms with E-state index in [4.69, 9.17) is 9.84 Å². The van der Waals surface area contributed by atoms with Crippen LogP contribution in [0.3, 0.4) is 0 Å². The molecule has 0 saturated heterocycles. The highest BCUT2D eigenvalue weighted by molar-refractivity contribution is 7.98. The summed E-state index contributed by atoms with van der Waals surface area (Å²) in [7, 11) is 0. The molecule has 1 atom stereocenters. The quantitative estimate of drug-likeness (QED) is 0.343. The van der Waals surface area contributed by atoms with Gasteiger partial charge in [-0.05, 0) is 52.6 Å². The van der Waals surface area contributed by atoms with Crippen LogP contribution >= 0.6 is 11.8 Å². The van der Waals surface area contributed by atoms with Crippen molar-refractivity contribution in [3.05, 3.63) is 89.5 Å². The van der Waals surface area contributed by atoms with E-state index in [-0.39, 0.29) is 31.9 Å². The first-order valence-corrected chi connectivity index (χ1v) is 12.9. The largest absolute Gasteiger partial charge is 0.481 e. The summed E-state index contributed by atoms with van der Waals surface area (Å²) < 4.78 is 5.54. The van der Waals surface area contributed by atoms with Gasteiger partial charge in [-0.25, -0.2) is 4.79 Å². The van der Waals surface area contributed by atoms with Crippen LogP contribution in [0.2, 0.25) is 0 Å². The van der Waals surface area contributed by atoms with Gasteiger partial charge in [-0.1, -0.05) is 60.7 Å². The van der Waals surface area contributed by atoms with Crippen molar-refractivity contribution in [1.82, 2.24) is 10.6 Å². The molecule has 3 aromatic rings. The van der Waals surface area contributed by atoms with Gasteiger partial charge in [0.25, 0.3) is 0 Å². The highest BCUT2D eigenvalue weighted by Gasteiger charge is 2.30. The average Bonchev–Trinajstić information content (AvgIpc) is 3.22. The van der Waals surface area contributed by atoms with Gasteiger partial charge in [0.05, 0.1) is 0 Å². The number of thioether (sulfide) groups is 1. The van der Waals surface area contributed by atoms with Crippen LogP contribution in [0.15, 0.2) is 77.7 Å². The van der Waals surface area contributed by atoms with Crippen molar-refractivity contribution in [2.24, 2.45) is 0 Å². The van der Waals surface area contributed by atoms with E-state index in [1.807, 2.05) is 66.9 Å². The maximum absolute atomic E-state index is 12.8. The number of carbonyl (C=O) groups excluding carboxylic acids is 2. The Morgan fingerprint density at radius 1 is 0.944 bits per heavy atom.